The van der Waals surface area contributed by atoms with Gasteiger partial charge in [-0.25, -0.2) is 8.42 Å². The molecule has 0 radical (unpaired) electrons. The number of anilines is 1. The predicted molar refractivity (Wildman–Crippen MR) is 109 cm³/mol. The van der Waals surface area contributed by atoms with Crippen LogP contribution in [0.1, 0.15) is 30.1 Å². The van der Waals surface area contributed by atoms with Crippen LogP contribution in [0.15, 0.2) is 57.9 Å². The van der Waals surface area contributed by atoms with Gasteiger partial charge in [-0.15, -0.1) is 0 Å². The molecule has 0 bridgehead atoms. The molecule has 1 amide bonds. The summed E-state index contributed by atoms with van der Waals surface area (Å²) in [5.41, 5.74) is 1.49. The number of aromatic nitrogens is 2. The minimum Gasteiger partial charge on any atom is -0.339 e. The molecule has 0 unspecified atom stereocenters. The van der Waals surface area contributed by atoms with Crippen LogP contribution < -0.4 is 5.32 Å². The highest BCUT2D eigenvalue weighted by atomic mass is 32.2. The van der Waals surface area contributed by atoms with Crippen LogP contribution in [0.5, 0.6) is 0 Å². The first kappa shape index (κ1) is 20.7. The fourth-order valence-electron chi connectivity index (χ4n) is 2.88. The van der Waals surface area contributed by atoms with Gasteiger partial charge in [-0.2, -0.15) is 9.29 Å². The quantitative estimate of drug-likeness (QED) is 0.636. The van der Waals surface area contributed by atoms with Gasteiger partial charge in [-0.3, -0.25) is 4.79 Å². The lowest BCUT2D eigenvalue weighted by Crippen LogP contribution is -2.30. The van der Waals surface area contributed by atoms with E-state index in [1.807, 2.05) is 6.07 Å². The van der Waals surface area contributed by atoms with Crippen LogP contribution in [0.25, 0.3) is 11.4 Å². The molecule has 1 N–H and O–H groups in total. The molecule has 0 saturated heterocycles. The smallest absolute Gasteiger partial charge is 0.255 e. The maximum Gasteiger partial charge on any atom is 0.255 e. The molecule has 0 spiro atoms. The number of hydrogen-bond donors (Lipinski definition) is 1. The number of nitrogens with zero attached hydrogens (tertiary/aromatic N) is 3. The molecule has 8 nitrogen and oxygen atoms in total. The third-order valence-electron chi connectivity index (χ3n) is 4.40. The van der Waals surface area contributed by atoms with Gasteiger partial charge in [0.25, 0.3) is 5.91 Å². The van der Waals surface area contributed by atoms with Crippen LogP contribution in [-0.2, 0) is 10.0 Å². The maximum absolute atomic E-state index is 12.7. The number of hydrogen-bond acceptors (Lipinski definition) is 6. The van der Waals surface area contributed by atoms with Crippen LogP contribution in [-0.4, -0.2) is 41.9 Å². The van der Waals surface area contributed by atoms with Gasteiger partial charge in [0.2, 0.25) is 21.7 Å². The van der Waals surface area contributed by atoms with Crippen molar-refractivity contribution in [2.45, 2.75) is 25.7 Å². The van der Waals surface area contributed by atoms with Crippen molar-refractivity contribution in [3.8, 4) is 11.4 Å². The zero-order chi connectivity index (χ0) is 21.0. The lowest BCUT2D eigenvalue weighted by atomic mass is 10.1. The monoisotopic (exact) mass is 414 g/mol. The molecule has 0 aliphatic carbocycles. The summed E-state index contributed by atoms with van der Waals surface area (Å²) in [6, 6.07) is 13.0. The minimum atomic E-state index is -3.57. The normalized spacial score (nSPS) is 11.6. The van der Waals surface area contributed by atoms with Gasteiger partial charge in [0.05, 0.1) is 10.6 Å². The van der Waals surface area contributed by atoms with Crippen molar-refractivity contribution in [3.05, 3.63) is 60.0 Å². The topological polar surface area (TPSA) is 105 Å². The molecule has 0 fully saturated rings. The van der Waals surface area contributed by atoms with Gasteiger partial charge >= 0.3 is 0 Å². The number of carbonyl (C=O) groups excluding carboxylic acids is 1. The SMILES string of the molecule is CCN(CC)S(=O)(=O)c1ccc(C(=O)Nc2ccccc2-c2noc(C)n2)cc1. The second-order valence-electron chi connectivity index (χ2n) is 6.25. The van der Waals surface area contributed by atoms with Crippen LogP contribution in [0.4, 0.5) is 5.69 Å². The van der Waals surface area contributed by atoms with Gasteiger partial charge in [0.15, 0.2) is 0 Å². The number of nitrogens with one attached hydrogen (secondary N) is 1. The van der Waals surface area contributed by atoms with E-state index in [1.165, 1.54) is 28.6 Å². The van der Waals surface area contributed by atoms with Crippen LogP contribution >= 0.6 is 0 Å². The third-order valence-corrected chi connectivity index (χ3v) is 6.47. The number of amides is 1. The molecule has 0 saturated carbocycles. The molecular weight excluding hydrogens is 392 g/mol. The minimum absolute atomic E-state index is 0.153. The third kappa shape index (κ3) is 4.36. The Kier molecular flexibility index (Phi) is 6.09. The van der Waals surface area contributed by atoms with Crippen molar-refractivity contribution in [2.75, 3.05) is 18.4 Å². The molecule has 3 rings (SSSR count). The van der Waals surface area contributed by atoms with Gasteiger partial charge < -0.3 is 9.84 Å². The predicted octanol–water partition coefficient (Wildman–Crippen LogP) is 3.33. The number of rotatable bonds is 7. The molecule has 1 aromatic heterocycles. The van der Waals surface area contributed by atoms with Crippen molar-refractivity contribution in [1.29, 1.82) is 0 Å². The van der Waals surface area contributed by atoms with E-state index in [0.717, 1.165) is 0 Å². The standard InChI is InChI=1S/C20H22N4O4S/c1-4-24(5-2)29(26,27)16-12-10-15(11-13-16)20(25)22-18-9-7-6-8-17(18)19-21-14(3)28-23-19/h6-13H,4-5H2,1-3H3,(H,22,25). The van der Waals surface area contributed by atoms with Gasteiger partial charge in [0, 0.05) is 31.1 Å². The van der Waals surface area contributed by atoms with E-state index in [0.29, 0.717) is 41.6 Å². The van der Waals surface area contributed by atoms with Gasteiger partial charge in [-0.1, -0.05) is 31.1 Å². The number of sulfonamides is 1. The summed E-state index contributed by atoms with van der Waals surface area (Å²) >= 11 is 0. The molecule has 9 heteroatoms. The van der Waals surface area contributed by atoms with Crippen molar-refractivity contribution < 1.29 is 17.7 Å². The fraction of sp³-hybridized carbons (Fsp3) is 0.250. The highest BCUT2D eigenvalue weighted by molar-refractivity contribution is 7.89. The summed E-state index contributed by atoms with van der Waals surface area (Å²) in [7, 11) is -3.57. The number of benzene rings is 2. The Labute approximate surface area is 169 Å². The zero-order valence-corrected chi connectivity index (χ0v) is 17.2. The average molecular weight is 414 g/mol. The van der Waals surface area contributed by atoms with Crippen molar-refractivity contribution in [2.24, 2.45) is 0 Å². The Morgan fingerprint density at radius 3 is 2.31 bits per heavy atom. The first-order chi connectivity index (χ1) is 13.9. The summed E-state index contributed by atoms with van der Waals surface area (Å²) in [5, 5.41) is 6.71. The summed E-state index contributed by atoms with van der Waals surface area (Å²) in [6.07, 6.45) is 0. The van der Waals surface area contributed by atoms with E-state index in [1.54, 1.807) is 39.0 Å². The Balaban J connectivity index is 1.83. The first-order valence-electron chi connectivity index (χ1n) is 9.18. The molecule has 152 valence electrons. The van der Waals surface area contributed by atoms with Crippen molar-refractivity contribution in [1.82, 2.24) is 14.4 Å². The van der Waals surface area contributed by atoms with Crippen LogP contribution in [0.2, 0.25) is 0 Å². The highest BCUT2D eigenvalue weighted by Crippen LogP contribution is 2.26. The van der Waals surface area contributed by atoms with E-state index in [2.05, 4.69) is 15.5 Å². The molecule has 1 heterocycles. The lowest BCUT2D eigenvalue weighted by Gasteiger charge is -2.18. The van der Waals surface area contributed by atoms with Crippen molar-refractivity contribution >= 4 is 21.6 Å². The van der Waals surface area contributed by atoms with E-state index in [-0.39, 0.29) is 10.8 Å². The second-order valence-corrected chi connectivity index (χ2v) is 8.19. The van der Waals surface area contributed by atoms with Gasteiger partial charge in [0.1, 0.15) is 0 Å². The molecule has 0 aliphatic heterocycles. The summed E-state index contributed by atoms with van der Waals surface area (Å²) < 4.78 is 31.5. The van der Waals surface area contributed by atoms with E-state index < -0.39 is 10.0 Å². The van der Waals surface area contributed by atoms with Crippen LogP contribution in [0, 0.1) is 6.92 Å². The van der Waals surface area contributed by atoms with Crippen molar-refractivity contribution in [3.63, 3.8) is 0 Å². The highest BCUT2D eigenvalue weighted by Gasteiger charge is 2.22. The summed E-state index contributed by atoms with van der Waals surface area (Å²) in [4.78, 5) is 17.0. The summed E-state index contributed by atoms with van der Waals surface area (Å²) in [6.45, 7) is 6.02. The molecule has 0 aliphatic rings. The maximum atomic E-state index is 12.7. The second kappa shape index (κ2) is 8.54. The molecule has 29 heavy (non-hydrogen) atoms. The van der Waals surface area contributed by atoms with Gasteiger partial charge in [-0.05, 0) is 36.4 Å². The van der Waals surface area contributed by atoms with E-state index in [4.69, 9.17) is 4.52 Å². The fourth-order valence-corrected chi connectivity index (χ4v) is 4.34. The van der Waals surface area contributed by atoms with Crippen LogP contribution in [0.3, 0.4) is 0 Å². The Morgan fingerprint density at radius 1 is 1.07 bits per heavy atom. The molecular formula is C20H22N4O4S. The molecule has 3 aromatic rings. The zero-order valence-electron chi connectivity index (χ0n) is 16.4. The largest absolute Gasteiger partial charge is 0.339 e. The Bertz CT molecular complexity index is 1100. The lowest BCUT2D eigenvalue weighted by molar-refractivity contribution is 0.102. The Morgan fingerprint density at radius 2 is 1.72 bits per heavy atom. The van der Waals surface area contributed by atoms with E-state index >= 15 is 0 Å². The number of aryl methyl sites for hydroxylation is 1. The average Bonchev–Trinajstić information content (AvgIpc) is 3.15. The molecule has 2 aromatic carbocycles. The van der Waals surface area contributed by atoms with E-state index in [9.17, 15) is 13.2 Å². The first-order valence-corrected chi connectivity index (χ1v) is 10.6. The number of para-hydroxylation sites is 1. The summed E-state index contributed by atoms with van der Waals surface area (Å²) in [5.74, 6) is 0.426. The number of carbonyl (C=O) groups is 1. The Hall–Kier alpha value is -3.04. The molecule has 0 atom stereocenters.